The molecular formula is C15H15F2NOS. The fraction of sp³-hybridized carbons (Fsp3) is 0.200. The van der Waals surface area contributed by atoms with Crippen LogP contribution in [0.1, 0.15) is 11.7 Å². The van der Waals surface area contributed by atoms with Gasteiger partial charge < -0.3 is 10.4 Å². The maximum atomic E-state index is 13.1. The number of thioether (sulfide) groups is 1. The van der Waals surface area contributed by atoms with Gasteiger partial charge >= 0.3 is 0 Å². The zero-order chi connectivity index (χ0) is 14.5. The topological polar surface area (TPSA) is 32.3 Å². The Morgan fingerprint density at radius 2 is 1.95 bits per heavy atom. The van der Waals surface area contributed by atoms with Gasteiger partial charge in [-0.05, 0) is 42.2 Å². The maximum absolute atomic E-state index is 13.1. The third-order valence-corrected chi connectivity index (χ3v) is 3.62. The molecule has 0 radical (unpaired) electrons. The van der Waals surface area contributed by atoms with Crippen molar-refractivity contribution in [2.45, 2.75) is 11.0 Å². The number of aliphatic hydroxyl groups is 1. The minimum Gasteiger partial charge on any atom is -0.387 e. The molecule has 2 aromatic rings. The fourth-order valence-electron chi connectivity index (χ4n) is 1.79. The van der Waals surface area contributed by atoms with Crippen LogP contribution in [0.2, 0.25) is 0 Å². The van der Waals surface area contributed by atoms with Gasteiger partial charge in [0.2, 0.25) is 0 Å². The number of benzene rings is 2. The van der Waals surface area contributed by atoms with E-state index in [-0.39, 0.29) is 6.54 Å². The zero-order valence-electron chi connectivity index (χ0n) is 10.9. The molecule has 0 heterocycles. The van der Waals surface area contributed by atoms with E-state index in [0.717, 1.165) is 22.7 Å². The molecule has 2 N–H and O–H groups in total. The average Bonchev–Trinajstić information content (AvgIpc) is 2.47. The number of nitrogens with one attached hydrogen (secondary N) is 1. The second-order valence-corrected chi connectivity index (χ2v) is 5.18. The zero-order valence-corrected chi connectivity index (χ0v) is 11.8. The molecule has 0 aliphatic carbocycles. The molecule has 5 heteroatoms. The summed E-state index contributed by atoms with van der Waals surface area (Å²) in [6, 6.07) is 11.2. The molecule has 0 saturated carbocycles. The molecule has 0 amide bonds. The quantitative estimate of drug-likeness (QED) is 0.822. The van der Waals surface area contributed by atoms with Gasteiger partial charge in [-0.3, -0.25) is 0 Å². The van der Waals surface area contributed by atoms with E-state index in [9.17, 15) is 13.9 Å². The molecule has 2 aromatic carbocycles. The molecule has 1 atom stereocenters. The van der Waals surface area contributed by atoms with E-state index < -0.39 is 17.7 Å². The predicted octanol–water partition coefficient (Wildman–Crippen LogP) is 3.83. The lowest BCUT2D eigenvalue weighted by Crippen LogP contribution is -2.12. The highest BCUT2D eigenvalue weighted by Gasteiger charge is 2.10. The summed E-state index contributed by atoms with van der Waals surface area (Å²) in [5.41, 5.74) is 1.22. The fourth-order valence-corrected chi connectivity index (χ4v) is 2.24. The van der Waals surface area contributed by atoms with Crippen molar-refractivity contribution in [3.8, 4) is 0 Å². The lowest BCUT2D eigenvalue weighted by atomic mass is 10.1. The highest BCUT2D eigenvalue weighted by Crippen LogP contribution is 2.21. The van der Waals surface area contributed by atoms with E-state index in [1.165, 1.54) is 6.07 Å². The minimum absolute atomic E-state index is 0.225. The highest BCUT2D eigenvalue weighted by molar-refractivity contribution is 7.98. The molecule has 106 valence electrons. The van der Waals surface area contributed by atoms with Crippen molar-refractivity contribution in [1.29, 1.82) is 0 Å². The van der Waals surface area contributed by atoms with Crippen LogP contribution in [-0.4, -0.2) is 17.9 Å². The van der Waals surface area contributed by atoms with E-state index in [1.54, 1.807) is 11.8 Å². The summed E-state index contributed by atoms with van der Waals surface area (Å²) in [5, 5.41) is 13.0. The van der Waals surface area contributed by atoms with E-state index in [1.807, 2.05) is 30.5 Å². The van der Waals surface area contributed by atoms with Crippen LogP contribution >= 0.6 is 11.8 Å². The van der Waals surface area contributed by atoms with Gasteiger partial charge in [0.05, 0.1) is 6.10 Å². The molecule has 2 nitrogen and oxygen atoms in total. The van der Waals surface area contributed by atoms with Crippen molar-refractivity contribution >= 4 is 17.4 Å². The van der Waals surface area contributed by atoms with Crippen molar-refractivity contribution < 1.29 is 13.9 Å². The number of aliphatic hydroxyl groups excluding tert-OH is 1. The van der Waals surface area contributed by atoms with Gasteiger partial charge in [0, 0.05) is 17.1 Å². The van der Waals surface area contributed by atoms with Crippen molar-refractivity contribution in [2.24, 2.45) is 0 Å². The van der Waals surface area contributed by atoms with Crippen molar-refractivity contribution in [2.75, 3.05) is 18.1 Å². The van der Waals surface area contributed by atoms with Gasteiger partial charge in [-0.1, -0.05) is 12.1 Å². The van der Waals surface area contributed by atoms with Crippen molar-refractivity contribution in [3.05, 3.63) is 59.7 Å². The summed E-state index contributed by atoms with van der Waals surface area (Å²) < 4.78 is 25.9. The third kappa shape index (κ3) is 3.71. The van der Waals surface area contributed by atoms with Gasteiger partial charge in [0.15, 0.2) is 11.6 Å². The van der Waals surface area contributed by atoms with Crippen LogP contribution in [-0.2, 0) is 0 Å². The summed E-state index contributed by atoms with van der Waals surface area (Å²) in [7, 11) is 0. The van der Waals surface area contributed by atoms with Crippen LogP contribution in [0.5, 0.6) is 0 Å². The Hall–Kier alpha value is -1.59. The first-order chi connectivity index (χ1) is 9.60. The number of halogens is 2. The monoisotopic (exact) mass is 295 g/mol. The normalized spacial score (nSPS) is 12.2. The second kappa shape index (κ2) is 6.72. The number of anilines is 1. The second-order valence-electron chi connectivity index (χ2n) is 4.30. The lowest BCUT2D eigenvalue weighted by Gasteiger charge is -2.14. The molecule has 1 unspecified atom stereocenters. The summed E-state index contributed by atoms with van der Waals surface area (Å²) >= 11 is 1.62. The molecule has 2 rings (SSSR count). The minimum atomic E-state index is -0.953. The Morgan fingerprint density at radius 1 is 1.15 bits per heavy atom. The number of hydrogen-bond donors (Lipinski definition) is 2. The first-order valence-electron chi connectivity index (χ1n) is 6.11. The van der Waals surface area contributed by atoms with E-state index in [0.29, 0.717) is 5.56 Å². The van der Waals surface area contributed by atoms with Crippen LogP contribution < -0.4 is 5.32 Å². The first-order valence-corrected chi connectivity index (χ1v) is 7.33. The molecule has 0 saturated heterocycles. The summed E-state index contributed by atoms with van der Waals surface area (Å²) in [6.45, 7) is 0.225. The van der Waals surface area contributed by atoms with Crippen LogP contribution in [0.15, 0.2) is 47.4 Å². The Morgan fingerprint density at radius 3 is 2.65 bits per heavy atom. The Bertz CT molecular complexity index is 592. The molecule has 0 aliphatic rings. The summed E-state index contributed by atoms with van der Waals surface area (Å²) in [6.07, 6.45) is 1.08. The van der Waals surface area contributed by atoms with Gasteiger partial charge in [-0.2, -0.15) is 0 Å². The summed E-state index contributed by atoms with van der Waals surface area (Å²) in [4.78, 5) is 1.11. The predicted molar refractivity (Wildman–Crippen MR) is 78.0 cm³/mol. The Balaban J connectivity index is 2.00. The Kier molecular flexibility index (Phi) is 4.98. The first kappa shape index (κ1) is 14.8. The molecule has 0 aromatic heterocycles. The van der Waals surface area contributed by atoms with Crippen LogP contribution in [0, 0.1) is 11.6 Å². The average molecular weight is 295 g/mol. The lowest BCUT2D eigenvalue weighted by molar-refractivity contribution is 0.191. The van der Waals surface area contributed by atoms with Gasteiger partial charge in [0.1, 0.15) is 0 Å². The molecule has 0 fully saturated rings. The largest absolute Gasteiger partial charge is 0.387 e. The number of rotatable bonds is 5. The van der Waals surface area contributed by atoms with Crippen molar-refractivity contribution in [3.63, 3.8) is 0 Å². The third-order valence-electron chi connectivity index (χ3n) is 2.90. The molecule has 0 bridgehead atoms. The Labute approximate surface area is 120 Å². The van der Waals surface area contributed by atoms with Gasteiger partial charge in [0.25, 0.3) is 0 Å². The van der Waals surface area contributed by atoms with E-state index in [4.69, 9.17) is 0 Å². The van der Waals surface area contributed by atoms with E-state index >= 15 is 0 Å². The molecule has 20 heavy (non-hydrogen) atoms. The van der Waals surface area contributed by atoms with E-state index in [2.05, 4.69) is 5.32 Å². The molecular weight excluding hydrogens is 280 g/mol. The summed E-state index contributed by atoms with van der Waals surface area (Å²) in [5.74, 6) is -1.87. The SMILES string of the molecule is CSc1cccc(NCC(O)c2ccc(F)c(F)c2)c1. The van der Waals surface area contributed by atoms with Crippen LogP contribution in [0.4, 0.5) is 14.5 Å². The maximum Gasteiger partial charge on any atom is 0.159 e. The highest BCUT2D eigenvalue weighted by atomic mass is 32.2. The van der Waals surface area contributed by atoms with Crippen LogP contribution in [0.3, 0.4) is 0 Å². The van der Waals surface area contributed by atoms with Gasteiger partial charge in [-0.15, -0.1) is 11.8 Å². The standard InChI is InChI=1S/C15H15F2NOS/c1-20-12-4-2-3-11(8-12)18-9-15(19)10-5-6-13(16)14(17)7-10/h2-8,15,18-19H,9H2,1H3. The molecule has 0 spiro atoms. The smallest absolute Gasteiger partial charge is 0.159 e. The number of hydrogen-bond acceptors (Lipinski definition) is 3. The molecule has 0 aliphatic heterocycles. The van der Waals surface area contributed by atoms with Gasteiger partial charge in [-0.25, -0.2) is 8.78 Å². The van der Waals surface area contributed by atoms with Crippen LogP contribution in [0.25, 0.3) is 0 Å². The van der Waals surface area contributed by atoms with Crippen molar-refractivity contribution in [1.82, 2.24) is 0 Å².